The Labute approximate surface area is 110 Å². The molecule has 1 atom stereocenters. The zero-order valence-electron chi connectivity index (χ0n) is 10.6. The van der Waals surface area contributed by atoms with Crippen LogP contribution in [0.15, 0.2) is 42.5 Å². The smallest absolute Gasteiger partial charge is 0.134 e. The van der Waals surface area contributed by atoms with E-state index in [1.165, 1.54) is 7.11 Å². The summed E-state index contributed by atoms with van der Waals surface area (Å²) in [6.07, 6.45) is 0.376. The molecule has 0 bridgehead atoms. The minimum absolute atomic E-state index is 0.107. The van der Waals surface area contributed by atoms with Crippen LogP contribution in [0.25, 0.3) is 0 Å². The van der Waals surface area contributed by atoms with E-state index in [-0.39, 0.29) is 11.3 Å². The molecule has 2 aromatic carbocycles. The van der Waals surface area contributed by atoms with E-state index < -0.39 is 17.7 Å². The Morgan fingerprint density at radius 3 is 2.21 bits per heavy atom. The van der Waals surface area contributed by atoms with E-state index in [4.69, 9.17) is 10.5 Å². The molecule has 0 fully saturated rings. The van der Waals surface area contributed by atoms with Crippen LogP contribution in [0.3, 0.4) is 0 Å². The fraction of sp³-hybridized carbons (Fsp3) is 0.200. The molecule has 0 saturated carbocycles. The van der Waals surface area contributed by atoms with Gasteiger partial charge in [0.25, 0.3) is 0 Å². The third-order valence-corrected chi connectivity index (χ3v) is 2.96. The number of ether oxygens (including phenoxy) is 1. The summed E-state index contributed by atoms with van der Waals surface area (Å²) in [4.78, 5) is 0. The van der Waals surface area contributed by atoms with Crippen molar-refractivity contribution in [3.05, 3.63) is 65.2 Å². The Balaban J connectivity index is 2.26. The SMILES string of the molecule is COc1cc(F)c(C(N)Cc2ccccc2)c(F)c1. The fourth-order valence-corrected chi connectivity index (χ4v) is 2.00. The summed E-state index contributed by atoms with van der Waals surface area (Å²) in [7, 11) is 1.36. The Morgan fingerprint density at radius 2 is 1.68 bits per heavy atom. The molecule has 2 N–H and O–H groups in total. The topological polar surface area (TPSA) is 35.2 Å². The van der Waals surface area contributed by atoms with Crippen molar-refractivity contribution in [3.8, 4) is 5.75 Å². The van der Waals surface area contributed by atoms with Crippen molar-refractivity contribution in [2.75, 3.05) is 7.11 Å². The maximum atomic E-state index is 13.9. The zero-order chi connectivity index (χ0) is 13.8. The summed E-state index contributed by atoms with van der Waals surface area (Å²) in [6.45, 7) is 0. The Morgan fingerprint density at radius 1 is 1.11 bits per heavy atom. The van der Waals surface area contributed by atoms with E-state index >= 15 is 0 Å². The van der Waals surface area contributed by atoms with Crippen molar-refractivity contribution in [1.82, 2.24) is 0 Å². The molecule has 0 heterocycles. The van der Waals surface area contributed by atoms with Gasteiger partial charge in [-0.15, -0.1) is 0 Å². The highest BCUT2D eigenvalue weighted by Gasteiger charge is 2.18. The molecule has 0 aliphatic heterocycles. The van der Waals surface area contributed by atoms with Crippen LogP contribution in [-0.2, 0) is 6.42 Å². The first-order chi connectivity index (χ1) is 9.11. The van der Waals surface area contributed by atoms with Crippen molar-refractivity contribution in [1.29, 1.82) is 0 Å². The minimum atomic E-state index is -0.728. The normalized spacial score (nSPS) is 12.2. The highest BCUT2D eigenvalue weighted by atomic mass is 19.1. The average molecular weight is 263 g/mol. The highest BCUT2D eigenvalue weighted by molar-refractivity contribution is 5.33. The molecular weight excluding hydrogens is 248 g/mol. The molecule has 0 aliphatic rings. The predicted molar refractivity (Wildman–Crippen MR) is 70.0 cm³/mol. The molecule has 2 nitrogen and oxygen atoms in total. The summed E-state index contributed by atoms with van der Waals surface area (Å²) in [5.41, 5.74) is 6.73. The van der Waals surface area contributed by atoms with Crippen LogP contribution in [-0.4, -0.2) is 7.11 Å². The molecule has 0 saturated heterocycles. The lowest BCUT2D eigenvalue weighted by Crippen LogP contribution is -2.17. The molecule has 0 aliphatic carbocycles. The Bertz CT molecular complexity index is 534. The van der Waals surface area contributed by atoms with Crippen molar-refractivity contribution in [2.24, 2.45) is 5.73 Å². The first-order valence-electron chi connectivity index (χ1n) is 5.94. The van der Waals surface area contributed by atoms with Crippen molar-refractivity contribution in [2.45, 2.75) is 12.5 Å². The first-order valence-corrected chi connectivity index (χ1v) is 5.94. The number of rotatable bonds is 4. The van der Waals surface area contributed by atoms with Gasteiger partial charge in [-0.2, -0.15) is 0 Å². The number of halogens is 2. The van der Waals surface area contributed by atoms with Crippen LogP contribution in [0, 0.1) is 11.6 Å². The van der Waals surface area contributed by atoms with Crippen LogP contribution in [0.5, 0.6) is 5.75 Å². The zero-order valence-corrected chi connectivity index (χ0v) is 10.6. The van der Waals surface area contributed by atoms with Gasteiger partial charge in [0.2, 0.25) is 0 Å². The van der Waals surface area contributed by atoms with E-state index in [1.807, 2.05) is 30.3 Å². The van der Waals surface area contributed by atoms with Gasteiger partial charge >= 0.3 is 0 Å². The van der Waals surface area contributed by atoms with Gasteiger partial charge in [0, 0.05) is 23.7 Å². The summed E-state index contributed by atoms with van der Waals surface area (Å²) in [5.74, 6) is -1.22. The Hall–Kier alpha value is -1.94. The molecule has 4 heteroatoms. The van der Waals surface area contributed by atoms with E-state index in [0.717, 1.165) is 17.7 Å². The minimum Gasteiger partial charge on any atom is -0.497 e. The third-order valence-electron chi connectivity index (χ3n) is 2.96. The standard InChI is InChI=1S/C15H15F2NO/c1-19-11-8-12(16)15(13(17)9-11)14(18)7-10-5-3-2-4-6-10/h2-6,8-9,14H,7,18H2,1H3. The lowest BCUT2D eigenvalue weighted by Gasteiger charge is -2.15. The third kappa shape index (κ3) is 3.09. The monoisotopic (exact) mass is 263 g/mol. The average Bonchev–Trinajstić information content (AvgIpc) is 2.38. The highest BCUT2D eigenvalue weighted by Crippen LogP contribution is 2.26. The molecule has 0 aromatic heterocycles. The molecule has 0 radical (unpaired) electrons. The molecule has 1 unspecified atom stereocenters. The number of methoxy groups -OCH3 is 1. The van der Waals surface area contributed by atoms with Gasteiger partial charge in [0.1, 0.15) is 17.4 Å². The summed E-state index contributed by atoms with van der Waals surface area (Å²) < 4.78 is 32.5. The molecule has 19 heavy (non-hydrogen) atoms. The van der Waals surface area contributed by atoms with Gasteiger partial charge in [0.15, 0.2) is 0 Å². The molecular formula is C15H15F2NO. The maximum absolute atomic E-state index is 13.9. The number of nitrogens with two attached hydrogens (primary N) is 1. The second kappa shape index (κ2) is 5.80. The largest absolute Gasteiger partial charge is 0.497 e. The molecule has 2 aromatic rings. The molecule has 2 rings (SSSR count). The molecule has 100 valence electrons. The lowest BCUT2D eigenvalue weighted by molar-refractivity contribution is 0.403. The first kappa shape index (κ1) is 13.5. The van der Waals surface area contributed by atoms with Crippen LogP contribution < -0.4 is 10.5 Å². The van der Waals surface area contributed by atoms with Crippen molar-refractivity contribution >= 4 is 0 Å². The Kier molecular flexibility index (Phi) is 4.12. The quantitative estimate of drug-likeness (QED) is 0.919. The van der Waals surface area contributed by atoms with E-state index in [9.17, 15) is 8.78 Å². The second-order valence-corrected chi connectivity index (χ2v) is 4.30. The van der Waals surface area contributed by atoms with Crippen LogP contribution in [0.4, 0.5) is 8.78 Å². The van der Waals surface area contributed by atoms with E-state index in [0.29, 0.717) is 6.42 Å². The lowest BCUT2D eigenvalue weighted by atomic mass is 9.98. The second-order valence-electron chi connectivity index (χ2n) is 4.30. The van der Waals surface area contributed by atoms with Gasteiger partial charge in [-0.25, -0.2) is 8.78 Å². The van der Waals surface area contributed by atoms with Crippen LogP contribution >= 0.6 is 0 Å². The van der Waals surface area contributed by atoms with Crippen LogP contribution in [0.2, 0.25) is 0 Å². The summed E-state index contributed by atoms with van der Waals surface area (Å²) in [5, 5.41) is 0. The van der Waals surface area contributed by atoms with Gasteiger partial charge < -0.3 is 10.5 Å². The molecule has 0 amide bonds. The van der Waals surface area contributed by atoms with Gasteiger partial charge in [0.05, 0.1) is 7.11 Å². The summed E-state index contributed by atoms with van der Waals surface area (Å²) in [6, 6.07) is 10.9. The van der Waals surface area contributed by atoms with Crippen molar-refractivity contribution in [3.63, 3.8) is 0 Å². The van der Waals surface area contributed by atoms with E-state index in [2.05, 4.69) is 0 Å². The van der Waals surface area contributed by atoms with E-state index in [1.54, 1.807) is 0 Å². The predicted octanol–water partition coefficient (Wildman–Crippen LogP) is 3.22. The van der Waals surface area contributed by atoms with Gasteiger partial charge in [-0.05, 0) is 12.0 Å². The number of hydrogen-bond acceptors (Lipinski definition) is 2. The van der Waals surface area contributed by atoms with Gasteiger partial charge in [-0.1, -0.05) is 30.3 Å². The van der Waals surface area contributed by atoms with Gasteiger partial charge in [-0.3, -0.25) is 0 Å². The summed E-state index contributed by atoms with van der Waals surface area (Å²) >= 11 is 0. The fourth-order valence-electron chi connectivity index (χ4n) is 2.00. The number of hydrogen-bond donors (Lipinski definition) is 1. The maximum Gasteiger partial charge on any atom is 0.134 e. The van der Waals surface area contributed by atoms with Crippen molar-refractivity contribution < 1.29 is 13.5 Å². The number of benzene rings is 2. The van der Waals surface area contributed by atoms with Crippen LogP contribution in [0.1, 0.15) is 17.2 Å². The molecule has 0 spiro atoms.